The van der Waals surface area contributed by atoms with Gasteiger partial charge in [-0.25, -0.2) is 4.39 Å². The summed E-state index contributed by atoms with van der Waals surface area (Å²) in [5.74, 6) is 0.00232. The molecule has 1 aromatic carbocycles. The van der Waals surface area contributed by atoms with E-state index in [2.05, 4.69) is 0 Å². The third-order valence-electron chi connectivity index (χ3n) is 1.92. The number of nitrogens with zero attached hydrogens (tertiary/aromatic N) is 1. The van der Waals surface area contributed by atoms with Crippen molar-refractivity contribution in [1.29, 1.82) is 5.26 Å². The van der Waals surface area contributed by atoms with Crippen LogP contribution in [0.1, 0.15) is 18.0 Å². The molecule has 0 unspecified atom stereocenters. The van der Waals surface area contributed by atoms with Gasteiger partial charge in [0.2, 0.25) is 0 Å². The Hall–Kier alpha value is -1.60. The van der Waals surface area contributed by atoms with Gasteiger partial charge >= 0.3 is 0 Å². The summed E-state index contributed by atoms with van der Waals surface area (Å²) >= 11 is 0. The summed E-state index contributed by atoms with van der Waals surface area (Å²) in [6, 6.07) is 5.74. The molecule has 0 aliphatic carbocycles. The van der Waals surface area contributed by atoms with Crippen molar-refractivity contribution in [1.82, 2.24) is 0 Å². The quantitative estimate of drug-likeness (QED) is 0.797. The molecule has 2 N–H and O–H groups in total. The highest BCUT2D eigenvalue weighted by Gasteiger charge is 2.11. The number of hydrogen-bond acceptors (Lipinski definition) is 3. The minimum absolute atomic E-state index is 0.100. The van der Waals surface area contributed by atoms with Crippen molar-refractivity contribution < 1.29 is 9.13 Å². The lowest BCUT2D eigenvalue weighted by Crippen LogP contribution is -2.11. The SMILES string of the molecule is COc1ccc([C@H](N)CC#N)c(F)c1. The Morgan fingerprint density at radius 3 is 2.86 bits per heavy atom. The lowest BCUT2D eigenvalue weighted by Gasteiger charge is -2.09. The molecular weight excluding hydrogens is 183 g/mol. The third-order valence-corrected chi connectivity index (χ3v) is 1.92. The maximum atomic E-state index is 13.3. The zero-order valence-corrected chi connectivity index (χ0v) is 7.83. The predicted molar refractivity (Wildman–Crippen MR) is 50.1 cm³/mol. The maximum Gasteiger partial charge on any atom is 0.131 e. The van der Waals surface area contributed by atoms with Gasteiger partial charge in [-0.05, 0) is 6.07 Å². The van der Waals surface area contributed by atoms with E-state index in [4.69, 9.17) is 15.7 Å². The second-order valence-corrected chi connectivity index (χ2v) is 2.86. The monoisotopic (exact) mass is 194 g/mol. The fraction of sp³-hybridized carbons (Fsp3) is 0.300. The van der Waals surface area contributed by atoms with Gasteiger partial charge in [-0.15, -0.1) is 0 Å². The molecule has 14 heavy (non-hydrogen) atoms. The summed E-state index contributed by atoms with van der Waals surface area (Å²) in [4.78, 5) is 0. The molecule has 1 rings (SSSR count). The van der Waals surface area contributed by atoms with E-state index in [9.17, 15) is 4.39 Å². The predicted octanol–water partition coefficient (Wildman–Crippen LogP) is 1.75. The second kappa shape index (κ2) is 4.58. The molecule has 0 bridgehead atoms. The lowest BCUT2D eigenvalue weighted by atomic mass is 10.0. The van der Waals surface area contributed by atoms with Crippen molar-refractivity contribution in [2.45, 2.75) is 12.5 Å². The van der Waals surface area contributed by atoms with Gasteiger partial charge in [-0.2, -0.15) is 5.26 Å². The Balaban J connectivity index is 2.94. The smallest absolute Gasteiger partial charge is 0.131 e. The number of benzene rings is 1. The van der Waals surface area contributed by atoms with Gasteiger partial charge in [-0.1, -0.05) is 6.07 Å². The molecule has 3 nitrogen and oxygen atoms in total. The topological polar surface area (TPSA) is 59.0 Å². The van der Waals surface area contributed by atoms with E-state index in [1.807, 2.05) is 6.07 Å². The van der Waals surface area contributed by atoms with Crippen LogP contribution in [-0.2, 0) is 0 Å². The van der Waals surface area contributed by atoms with Gasteiger partial charge in [0, 0.05) is 17.7 Å². The standard InChI is InChI=1S/C10H11FN2O/c1-14-7-2-3-8(9(11)6-7)10(13)4-5-12/h2-3,6,10H,4,13H2,1H3/t10-/m1/s1. The Labute approximate surface area is 81.9 Å². The fourth-order valence-corrected chi connectivity index (χ4v) is 1.14. The van der Waals surface area contributed by atoms with Gasteiger partial charge in [0.05, 0.1) is 19.6 Å². The molecule has 1 atom stereocenters. The van der Waals surface area contributed by atoms with Gasteiger partial charge in [0.15, 0.2) is 0 Å². The molecule has 0 heterocycles. The summed E-state index contributed by atoms with van der Waals surface area (Å²) in [5.41, 5.74) is 5.93. The van der Waals surface area contributed by atoms with Gasteiger partial charge in [0.1, 0.15) is 11.6 Å². The first-order valence-electron chi connectivity index (χ1n) is 4.15. The van der Waals surface area contributed by atoms with Crippen LogP contribution in [-0.4, -0.2) is 7.11 Å². The fourth-order valence-electron chi connectivity index (χ4n) is 1.14. The van der Waals surface area contributed by atoms with E-state index in [1.165, 1.54) is 19.2 Å². The van der Waals surface area contributed by atoms with Crippen LogP contribution in [0, 0.1) is 17.1 Å². The number of hydrogen-bond donors (Lipinski definition) is 1. The minimum Gasteiger partial charge on any atom is -0.497 e. The normalized spacial score (nSPS) is 11.9. The van der Waals surface area contributed by atoms with Crippen LogP contribution in [0.15, 0.2) is 18.2 Å². The van der Waals surface area contributed by atoms with Crippen molar-refractivity contribution >= 4 is 0 Å². The van der Waals surface area contributed by atoms with Crippen molar-refractivity contribution in [2.75, 3.05) is 7.11 Å². The zero-order valence-electron chi connectivity index (χ0n) is 7.83. The van der Waals surface area contributed by atoms with E-state index < -0.39 is 11.9 Å². The molecule has 0 aliphatic heterocycles. The molecular formula is C10H11FN2O. The first-order valence-corrected chi connectivity index (χ1v) is 4.15. The molecule has 0 saturated heterocycles. The average Bonchev–Trinajstić information content (AvgIpc) is 2.17. The van der Waals surface area contributed by atoms with Gasteiger partial charge < -0.3 is 10.5 Å². The van der Waals surface area contributed by atoms with Crippen LogP contribution < -0.4 is 10.5 Å². The Morgan fingerprint density at radius 2 is 2.36 bits per heavy atom. The molecule has 0 spiro atoms. The molecule has 0 aromatic heterocycles. The maximum absolute atomic E-state index is 13.3. The van der Waals surface area contributed by atoms with Crippen LogP contribution >= 0.6 is 0 Å². The van der Waals surface area contributed by atoms with E-state index in [-0.39, 0.29) is 6.42 Å². The Bertz CT molecular complexity index is 360. The van der Waals surface area contributed by atoms with Crippen LogP contribution in [0.4, 0.5) is 4.39 Å². The van der Waals surface area contributed by atoms with Crippen LogP contribution in [0.5, 0.6) is 5.75 Å². The summed E-state index contributed by atoms with van der Waals surface area (Å²) in [6.45, 7) is 0. The first kappa shape index (κ1) is 10.5. The summed E-state index contributed by atoms with van der Waals surface area (Å²) in [6.07, 6.45) is 0.100. The molecule has 0 saturated carbocycles. The Kier molecular flexibility index (Phi) is 3.43. The van der Waals surface area contributed by atoms with Crippen LogP contribution in [0.3, 0.4) is 0 Å². The van der Waals surface area contributed by atoms with Crippen LogP contribution in [0.2, 0.25) is 0 Å². The molecule has 74 valence electrons. The molecule has 0 radical (unpaired) electrons. The molecule has 0 aliphatic rings. The Morgan fingerprint density at radius 1 is 1.64 bits per heavy atom. The minimum atomic E-state index is -0.578. The summed E-state index contributed by atoms with van der Waals surface area (Å²) < 4.78 is 18.2. The number of halogens is 1. The number of ether oxygens (including phenoxy) is 1. The van der Waals surface area contributed by atoms with E-state index in [0.29, 0.717) is 11.3 Å². The highest BCUT2D eigenvalue weighted by atomic mass is 19.1. The second-order valence-electron chi connectivity index (χ2n) is 2.86. The van der Waals surface area contributed by atoms with Crippen LogP contribution in [0.25, 0.3) is 0 Å². The van der Waals surface area contributed by atoms with E-state index in [0.717, 1.165) is 0 Å². The van der Waals surface area contributed by atoms with Crippen molar-refractivity contribution in [3.05, 3.63) is 29.6 Å². The first-order chi connectivity index (χ1) is 6.69. The third kappa shape index (κ3) is 2.21. The number of nitrogens with two attached hydrogens (primary N) is 1. The summed E-state index contributed by atoms with van der Waals surface area (Å²) in [7, 11) is 1.46. The molecule has 0 fully saturated rings. The molecule has 1 aromatic rings. The number of rotatable bonds is 3. The van der Waals surface area contributed by atoms with Crippen molar-refractivity contribution in [3.63, 3.8) is 0 Å². The number of methoxy groups -OCH3 is 1. The van der Waals surface area contributed by atoms with E-state index in [1.54, 1.807) is 6.07 Å². The lowest BCUT2D eigenvalue weighted by molar-refractivity contribution is 0.410. The zero-order chi connectivity index (χ0) is 10.6. The molecule has 0 amide bonds. The van der Waals surface area contributed by atoms with Gasteiger partial charge in [-0.3, -0.25) is 0 Å². The number of nitriles is 1. The highest BCUT2D eigenvalue weighted by molar-refractivity contribution is 5.31. The molecule has 4 heteroatoms. The highest BCUT2D eigenvalue weighted by Crippen LogP contribution is 2.21. The summed E-state index contributed by atoms with van der Waals surface area (Å²) in [5, 5.41) is 8.41. The average molecular weight is 194 g/mol. The van der Waals surface area contributed by atoms with E-state index >= 15 is 0 Å². The van der Waals surface area contributed by atoms with Crippen molar-refractivity contribution in [3.8, 4) is 11.8 Å². The van der Waals surface area contributed by atoms with Gasteiger partial charge in [0.25, 0.3) is 0 Å². The van der Waals surface area contributed by atoms with Crippen molar-refractivity contribution in [2.24, 2.45) is 5.73 Å². The largest absolute Gasteiger partial charge is 0.497 e.